The maximum absolute atomic E-state index is 13.2. The molecule has 9 heteroatoms. The average molecular weight is 611 g/mol. The van der Waals surface area contributed by atoms with Gasteiger partial charge in [0.25, 0.3) is 5.91 Å². The number of carbonyl (C=O) groups excluding carboxylic acids is 1. The molecular weight excluding hydrogens is 591 g/mol. The van der Waals surface area contributed by atoms with Crippen molar-refractivity contribution in [2.45, 2.75) is 20.5 Å². The molecule has 0 unspecified atom stereocenters. The third-order valence-electron chi connectivity index (χ3n) is 5.09. The van der Waals surface area contributed by atoms with Gasteiger partial charge in [-0.05, 0) is 90.6 Å². The Hall–Kier alpha value is -2.01. The summed E-state index contributed by atoms with van der Waals surface area (Å²) in [5.74, 6) is 1.05. The van der Waals surface area contributed by atoms with E-state index in [0.717, 1.165) is 26.1 Å². The molecule has 1 fully saturated rings. The molecule has 1 aromatic heterocycles. The number of benzene rings is 2. The number of nitrogens with zero attached hydrogens (tertiary/aromatic N) is 2. The highest BCUT2D eigenvalue weighted by Crippen LogP contribution is 2.38. The van der Waals surface area contributed by atoms with Gasteiger partial charge in [0.15, 0.2) is 15.8 Å². The first-order valence-electron chi connectivity index (χ1n) is 9.97. The second kappa shape index (κ2) is 10.1. The van der Waals surface area contributed by atoms with Crippen molar-refractivity contribution >= 4 is 74.5 Å². The number of aryl methyl sites for hydroxylation is 2. The van der Waals surface area contributed by atoms with Crippen LogP contribution in [0, 0.1) is 17.4 Å². The standard InChI is InChI=1S/C24H20ClIN2O3S2/c1-14-8-9-15(2)27(14)28-23(29)21(33-24(28)32)12-16-10-19(26)22(20(11-16)30-3)31-13-17-6-4-5-7-18(17)25/h4-12H,13H2,1-3H3/b21-12+. The van der Waals surface area contributed by atoms with Crippen LogP contribution in [-0.2, 0) is 11.4 Å². The Labute approximate surface area is 220 Å². The first-order chi connectivity index (χ1) is 15.8. The lowest BCUT2D eigenvalue weighted by atomic mass is 10.2. The molecule has 1 saturated heterocycles. The van der Waals surface area contributed by atoms with E-state index >= 15 is 0 Å². The number of thioether (sulfide) groups is 1. The Kier molecular flexibility index (Phi) is 7.37. The number of halogens is 2. The third-order valence-corrected chi connectivity index (χ3v) is 7.54. The highest BCUT2D eigenvalue weighted by Gasteiger charge is 2.34. The molecule has 0 bridgehead atoms. The minimum atomic E-state index is -0.152. The Morgan fingerprint density at radius 1 is 1.15 bits per heavy atom. The largest absolute Gasteiger partial charge is 0.493 e. The monoisotopic (exact) mass is 610 g/mol. The van der Waals surface area contributed by atoms with E-state index in [4.69, 9.17) is 33.3 Å². The summed E-state index contributed by atoms with van der Waals surface area (Å²) in [6, 6.07) is 15.3. The van der Waals surface area contributed by atoms with Gasteiger partial charge in [0.1, 0.15) is 6.61 Å². The van der Waals surface area contributed by atoms with Crippen molar-refractivity contribution in [2.75, 3.05) is 12.1 Å². The number of hydrogen-bond donors (Lipinski definition) is 0. The van der Waals surface area contributed by atoms with Gasteiger partial charge < -0.3 is 9.47 Å². The quantitative estimate of drug-likeness (QED) is 0.181. The molecule has 5 nitrogen and oxygen atoms in total. The maximum atomic E-state index is 13.2. The molecule has 0 spiro atoms. The summed E-state index contributed by atoms with van der Waals surface area (Å²) >= 11 is 15.2. The lowest BCUT2D eigenvalue weighted by Gasteiger charge is -2.20. The molecule has 0 aliphatic carbocycles. The van der Waals surface area contributed by atoms with E-state index < -0.39 is 0 Å². The zero-order chi connectivity index (χ0) is 23.7. The van der Waals surface area contributed by atoms with Gasteiger partial charge in [-0.3, -0.25) is 9.47 Å². The topological polar surface area (TPSA) is 43.7 Å². The van der Waals surface area contributed by atoms with Crippen molar-refractivity contribution in [1.29, 1.82) is 0 Å². The SMILES string of the molecule is COc1cc(/C=C2/SC(=S)N(n3c(C)ccc3C)C2=O)cc(I)c1OCc1ccccc1Cl. The Morgan fingerprint density at radius 3 is 2.52 bits per heavy atom. The van der Waals surface area contributed by atoms with E-state index in [0.29, 0.717) is 32.4 Å². The van der Waals surface area contributed by atoms with Crippen LogP contribution >= 0.6 is 58.2 Å². The maximum Gasteiger partial charge on any atom is 0.285 e. The number of ether oxygens (including phenoxy) is 2. The van der Waals surface area contributed by atoms with Crippen LogP contribution in [-0.4, -0.2) is 22.0 Å². The smallest absolute Gasteiger partial charge is 0.285 e. The fourth-order valence-corrected chi connectivity index (χ4v) is 5.70. The predicted octanol–water partition coefficient (Wildman–Crippen LogP) is 6.49. The fraction of sp³-hybridized carbons (Fsp3) is 0.167. The minimum absolute atomic E-state index is 0.152. The Balaban J connectivity index is 1.61. The van der Waals surface area contributed by atoms with Gasteiger partial charge in [0, 0.05) is 22.0 Å². The number of carbonyl (C=O) groups is 1. The predicted molar refractivity (Wildman–Crippen MR) is 147 cm³/mol. The molecule has 0 N–H and O–H groups in total. The number of amides is 1. The second-order valence-electron chi connectivity index (χ2n) is 7.34. The molecule has 0 saturated carbocycles. The molecule has 3 aromatic rings. The summed E-state index contributed by atoms with van der Waals surface area (Å²) in [6.45, 7) is 4.22. The summed E-state index contributed by atoms with van der Waals surface area (Å²) in [5, 5.41) is 2.19. The van der Waals surface area contributed by atoms with Crippen LogP contribution in [0.5, 0.6) is 11.5 Å². The van der Waals surface area contributed by atoms with Gasteiger partial charge in [-0.15, -0.1) is 0 Å². The van der Waals surface area contributed by atoms with Crippen molar-refractivity contribution in [2.24, 2.45) is 0 Å². The first-order valence-corrected chi connectivity index (χ1v) is 12.6. The van der Waals surface area contributed by atoms with Crippen LogP contribution in [0.2, 0.25) is 5.02 Å². The molecule has 1 amide bonds. The number of rotatable bonds is 6. The van der Waals surface area contributed by atoms with Crippen LogP contribution in [0.25, 0.3) is 6.08 Å². The highest BCUT2D eigenvalue weighted by molar-refractivity contribution is 14.1. The molecule has 2 aromatic carbocycles. The van der Waals surface area contributed by atoms with Crippen molar-refractivity contribution < 1.29 is 14.3 Å². The lowest BCUT2D eigenvalue weighted by Crippen LogP contribution is -2.39. The zero-order valence-electron chi connectivity index (χ0n) is 18.1. The molecule has 1 aliphatic rings. The molecular formula is C24H20ClIN2O3S2. The summed E-state index contributed by atoms with van der Waals surface area (Å²) in [4.78, 5) is 13.7. The summed E-state index contributed by atoms with van der Waals surface area (Å²) in [7, 11) is 1.59. The van der Waals surface area contributed by atoms with Gasteiger partial charge >= 0.3 is 0 Å². The summed E-state index contributed by atoms with van der Waals surface area (Å²) in [5.41, 5.74) is 3.60. The van der Waals surface area contributed by atoms with Gasteiger partial charge in [-0.2, -0.15) is 5.01 Å². The third kappa shape index (κ3) is 4.94. The van der Waals surface area contributed by atoms with E-state index in [1.165, 1.54) is 11.8 Å². The minimum Gasteiger partial charge on any atom is -0.493 e. The Morgan fingerprint density at radius 2 is 1.85 bits per heavy atom. The van der Waals surface area contributed by atoms with Crippen molar-refractivity contribution in [3.63, 3.8) is 0 Å². The van der Waals surface area contributed by atoms with Gasteiger partial charge in [0.05, 0.1) is 15.6 Å². The number of aromatic nitrogens is 1. The van der Waals surface area contributed by atoms with Gasteiger partial charge in [0.2, 0.25) is 0 Å². The van der Waals surface area contributed by atoms with Crippen LogP contribution in [0.15, 0.2) is 53.4 Å². The molecule has 0 radical (unpaired) electrons. The van der Waals surface area contributed by atoms with Crippen LogP contribution in [0.1, 0.15) is 22.5 Å². The second-order valence-corrected chi connectivity index (χ2v) is 10.6. The molecule has 170 valence electrons. The van der Waals surface area contributed by atoms with Crippen LogP contribution in [0.4, 0.5) is 0 Å². The van der Waals surface area contributed by atoms with E-state index in [1.807, 2.05) is 73.1 Å². The van der Waals surface area contributed by atoms with E-state index in [-0.39, 0.29) is 5.91 Å². The number of hydrogen-bond acceptors (Lipinski definition) is 5. The normalized spacial score (nSPS) is 14.9. The molecule has 4 rings (SSSR count). The molecule has 33 heavy (non-hydrogen) atoms. The number of methoxy groups -OCH3 is 1. The Bertz CT molecular complexity index is 1270. The van der Waals surface area contributed by atoms with Crippen molar-refractivity contribution in [3.8, 4) is 11.5 Å². The summed E-state index contributed by atoms with van der Waals surface area (Å²) in [6.07, 6.45) is 1.83. The van der Waals surface area contributed by atoms with Gasteiger partial charge in [-0.25, -0.2) is 0 Å². The van der Waals surface area contributed by atoms with Crippen LogP contribution < -0.4 is 14.5 Å². The van der Waals surface area contributed by atoms with Crippen LogP contribution in [0.3, 0.4) is 0 Å². The average Bonchev–Trinajstić information content (AvgIpc) is 3.24. The van der Waals surface area contributed by atoms with E-state index in [9.17, 15) is 4.79 Å². The molecule has 1 aliphatic heterocycles. The van der Waals surface area contributed by atoms with E-state index in [2.05, 4.69) is 22.6 Å². The zero-order valence-corrected chi connectivity index (χ0v) is 22.6. The molecule has 0 atom stereocenters. The lowest BCUT2D eigenvalue weighted by molar-refractivity contribution is -0.114. The molecule has 2 heterocycles. The fourth-order valence-electron chi connectivity index (χ4n) is 3.49. The van der Waals surface area contributed by atoms with E-state index in [1.54, 1.807) is 12.1 Å². The summed E-state index contributed by atoms with van der Waals surface area (Å²) < 4.78 is 14.8. The van der Waals surface area contributed by atoms with Crippen molar-refractivity contribution in [1.82, 2.24) is 4.68 Å². The first kappa shape index (κ1) is 24.1. The van der Waals surface area contributed by atoms with Gasteiger partial charge in [-0.1, -0.05) is 41.6 Å². The highest BCUT2D eigenvalue weighted by atomic mass is 127. The number of thiocarbonyl (C=S) groups is 1. The van der Waals surface area contributed by atoms with Crippen molar-refractivity contribution in [3.05, 3.63) is 84.5 Å².